The SMILES string of the molecule is CC(=O)NC(CCCC(=O)O[C@H]1OC(CO)[C@@H](O)[C@H](O)C1C)C(=O)NC(CCNC(=O)O[C@H]1OC(CO)[C@@H](O)[C@H](O)C1C)C(N)=O. The number of hydrogen-bond donors (Lipinski definition) is 10. The van der Waals surface area contributed by atoms with E-state index in [1.165, 1.54) is 13.8 Å². The van der Waals surface area contributed by atoms with Crippen molar-refractivity contribution in [3.63, 3.8) is 0 Å². The number of rotatable bonds is 15. The Hall–Kier alpha value is -3.17. The molecule has 4 amide bonds. The van der Waals surface area contributed by atoms with Crippen LogP contribution in [0.1, 0.15) is 46.5 Å². The second-order valence-corrected chi connectivity index (χ2v) is 11.4. The van der Waals surface area contributed by atoms with Crippen LogP contribution in [0, 0.1) is 11.8 Å². The zero-order chi connectivity index (χ0) is 34.7. The number of aliphatic hydroxyl groups is 6. The molecular weight excluding hydrogens is 620 g/mol. The molecule has 19 heteroatoms. The van der Waals surface area contributed by atoms with Crippen LogP contribution in [0.4, 0.5) is 4.79 Å². The molecule has 0 aromatic carbocycles. The second kappa shape index (κ2) is 18.2. The molecule has 0 spiro atoms. The molecule has 2 saturated heterocycles. The number of hydrogen-bond acceptors (Lipinski definition) is 15. The van der Waals surface area contributed by atoms with Gasteiger partial charge in [-0.3, -0.25) is 19.2 Å². The molecule has 0 bridgehead atoms. The van der Waals surface area contributed by atoms with Crippen molar-refractivity contribution in [3.05, 3.63) is 0 Å². The minimum absolute atomic E-state index is 0.0338. The molecule has 0 radical (unpaired) electrons. The van der Waals surface area contributed by atoms with Gasteiger partial charge < -0.3 is 71.3 Å². The van der Waals surface area contributed by atoms with Gasteiger partial charge >= 0.3 is 12.1 Å². The number of alkyl carbamates (subject to hydrolysis) is 1. The Bertz CT molecular complexity index is 1050. The van der Waals surface area contributed by atoms with Crippen LogP contribution in [0.25, 0.3) is 0 Å². The van der Waals surface area contributed by atoms with Gasteiger partial charge in [-0.15, -0.1) is 0 Å². The minimum Gasteiger partial charge on any atom is -0.435 e. The van der Waals surface area contributed by atoms with E-state index in [0.717, 1.165) is 6.92 Å². The fraction of sp³-hybridized carbons (Fsp3) is 0.815. The van der Waals surface area contributed by atoms with E-state index in [-0.39, 0.29) is 32.2 Å². The summed E-state index contributed by atoms with van der Waals surface area (Å²) in [5, 5.41) is 65.8. The molecule has 264 valence electrons. The molecule has 46 heavy (non-hydrogen) atoms. The van der Waals surface area contributed by atoms with Gasteiger partial charge in [-0.05, 0) is 19.3 Å². The number of ether oxygens (including phenoxy) is 4. The van der Waals surface area contributed by atoms with E-state index in [2.05, 4.69) is 16.0 Å². The molecule has 0 aliphatic carbocycles. The van der Waals surface area contributed by atoms with Gasteiger partial charge in [0.25, 0.3) is 0 Å². The van der Waals surface area contributed by atoms with E-state index in [1.54, 1.807) is 0 Å². The zero-order valence-electron chi connectivity index (χ0n) is 25.8. The smallest absolute Gasteiger partial charge is 0.409 e. The highest BCUT2D eigenvalue weighted by Gasteiger charge is 2.45. The van der Waals surface area contributed by atoms with Crippen LogP contribution in [0.3, 0.4) is 0 Å². The van der Waals surface area contributed by atoms with Crippen LogP contribution in [-0.4, -0.2) is 141 Å². The van der Waals surface area contributed by atoms with E-state index in [9.17, 15) is 54.6 Å². The van der Waals surface area contributed by atoms with Crippen molar-refractivity contribution in [3.8, 4) is 0 Å². The number of carbonyl (C=O) groups is 5. The highest BCUT2D eigenvalue weighted by molar-refractivity contribution is 5.91. The lowest BCUT2D eigenvalue weighted by Gasteiger charge is -2.40. The first-order valence-electron chi connectivity index (χ1n) is 14.9. The number of esters is 1. The van der Waals surface area contributed by atoms with Gasteiger partial charge in [0.05, 0.1) is 25.4 Å². The van der Waals surface area contributed by atoms with Gasteiger partial charge in [0, 0.05) is 31.7 Å². The molecule has 2 aliphatic heterocycles. The van der Waals surface area contributed by atoms with Crippen LogP contribution in [0.2, 0.25) is 0 Å². The highest BCUT2D eigenvalue weighted by atomic mass is 16.7. The van der Waals surface area contributed by atoms with Crippen molar-refractivity contribution in [2.75, 3.05) is 19.8 Å². The number of carbonyl (C=O) groups excluding carboxylic acids is 5. The van der Waals surface area contributed by atoms with Crippen LogP contribution in [0.5, 0.6) is 0 Å². The summed E-state index contributed by atoms with van der Waals surface area (Å²) in [6.45, 7) is 2.64. The van der Waals surface area contributed by atoms with Gasteiger partial charge in [0.15, 0.2) is 0 Å². The molecular formula is C27H46N4O15. The van der Waals surface area contributed by atoms with E-state index in [0.29, 0.717) is 0 Å². The maximum Gasteiger partial charge on any atom is 0.409 e. The molecule has 0 aromatic rings. The Morgan fingerprint density at radius 3 is 1.78 bits per heavy atom. The average Bonchev–Trinajstić information content (AvgIpc) is 3.00. The summed E-state index contributed by atoms with van der Waals surface area (Å²) in [6, 6.07) is -2.47. The molecule has 11 N–H and O–H groups in total. The summed E-state index contributed by atoms with van der Waals surface area (Å²) in [5.41, 5.74) is 5.41. The third-order valence-corrected chi connectivity index (χ3v) is 7.78. The highest BCUT2D eigenvalue weighted by Crippen LogP contribution is 2.28. The summed E-state index contributed by atoms with van der Waals surface area (Å²) in [4.78, 5) is 61.4. The lowest BCUT2D eigenvalue weighted by Crippen LogP contribution is -2.56. The first-order valence-corrected chi connectivity index (χ1v) is 14.9. The zero-order valence-corrected chi connectivity index (χ0v) is 25.8. The first-order chi connectivity index (χ1) is 21.6. The Labute approximate surface area is 264 Å². The maximum absolute atomic E-state index is 12.9. The predicted molar refractivity (Wildman–Crippen MR) is 152 cm³/mol. The average molecular weight is 667 g/mol. The normalized spacial score (nSPS) is 32.4. The molecule has 0 saturated carbocycles. The van der Waals surface area contributed by atoms with E-state index < -0.39 is 116 Å². The molecule has 2 aliphatic rings. The lowest BCUT2D eigenvalue weighted by molar-refractivity contribution is -0.274. The maximum atomic E-state index is 12.9. The first kappa shape index (κ1) is 39.0. The van der Waals surface area contributed by atoms with Gasteiger partial charge in [-0.1, -0.05) is 13.8 Å². The van der Waals surface area contributed by atoms with Gasteiger partial charge in [-0.25, -0.2) is 4.79 Å². The monoisotopic (exact) mass is 666 g/mol. The molecule has 0 aromatic heterocycles. The largest absolute Gasteiger partial charge is 0.435 e. The van der Waals surface area contributed by atoms with Crippen LogP contribution < -0.4 is 21.7 Å². The third-order valence-electron chi connectivity index (χ3n) is 7.78. The summed E-state index contributed by atoms with van der Waals surface area (Å²) in [5.74, 6) is -4.72. The van der Waals surface area contributed by atoms with Crippen molar-refractivity contribution < 1.29 is 73.6 Å². The Balaban J connectivity index is 1.86. The number of aliphatic hydroxyl groups excluding tert-OH is 6. The van der Waals surface area contributed by atoms with Crippen molar-refractivity contribution in [1.82, 2.24) is 16.0 Å². The summed E-state index contributed by atoms with van der Waals surface area (Å²) >= 11 is 0. The number of nitrogens with two attached hydrogens (primary N) is 1. The van der Waals surface area contributed by atoms with E-state index in [4.69, 9.17) is 24.7 Å². The Morgan fingerprint density at radius 1 is 0.783 bits per heavy atom. The minimum atomic E-state index is -1.38. The standard InChI is InChI=1S/C27H46N4O15/c1-11-19(36)21(38)16(9-32)43-25(11)45-18(35)6-4-5-15(30-13(3)34)24(41)31-14(23(28)40)7-8-29-27(42)46-26-12(2)20(37)22(39)17(10-33)44-26/h11-12,14-17,19-22,25-26,32-33,36-39H,4-10H2,1-3H3,(H2,28,40)(H,29,42)(H,30,34)(H,31,41)/t11?,12?,14?,15?,16?,17?,19-,20-,21-,22-,25-,26-/m1/s1. The Morgan fingerprint density at radius 2 is 1.30 bits per heavy atom. The lowest BCUT2D eigenvalue weighted by atomic mass is 9.92. The fourth-order valence-electron chi connectivity index (χ4n) is 4.89. The molecule has 19 nitrogen and oxygen atoms in total. The van der Waals surface area contributed by atoms with Crippen LogP contribution in [-0.2, 0) is 38.1 Å². The summed E-state index contributed by atoms with van der Waals surface area (Å²) in [6.07, 6.45) is -11.7. The van der Waals surface area contributed by atoms with Gasteiger partial charge in [-0.2, -0.15) is 0 Å². The molecule has 2 rings (SSSR count). The van der Waals surface area contributed by atoms with Crippen molar-refractivity contribution in [1.29, 1.82) is 0 Å². The van der Waals surface area contributed by atoms with Crippen molar-refractivity contribution in [2.45, 2.75) is 108 Å². The second-order valence-electron chi connectivity index (χ2n) is 11.4. The van der Waals surface area contributed by atoms with Crippen LogP contribution >= 0.6 is 0 Å². The van der Waals surface area contributed by atoms with E-state index >= 15 is 0 Å². The summed E-state index contributed by atoms with van der Waals surface area (Å²) in [7, 11) is 0. The number of primary amides is 1. The fourth-order valence-corrected chi connectivity index (χ4v) is 4.89. The molecule has 12 atom stereocenters. The van der Waals surface area contributed by atoms with Gasteiger partial charge in [0.1, 0.15) is 36.5 Å². The summed E-state index contributed by atoms with van der Waals surface area (Å²) < 4.78 is 21.0. The predicted octanol–water partition coefficient (Wildman–Crippen LogP) is -4.56. The Kier molecular flexibility index (Phi) is 15.5. The third kappa shape index (κ3) is 11.0. The number of amides is 4. The topological polar surface area (TPSA) is 306 Å². The van der Waals surface area contributed by atoms with Crippen molar-refractivity contribution >= 4 is 29.8 Å². The van der Waals surface area contributed by atoms with Gasteiger partial charge in [0.2, 0.25) is 30.3 Å². The van der Waals surface area contributed by atoms with E-state index in [1.807, 2.05) is 0 Å². The molecule has 2 heterocycles. The quantitative estimate of drug-likeness (QED) is 0.0736. The molecule has 6 unspecified atom stereocenters. The molecule has 2 fully saturated rings. The van der Waals surface area contributed by atoms with Crippen molar-refractivity contribution in [2.24, 2.45) is 17.6 Å². The number of nitrogens with one attached hydrogen (secondary N) is 3. The van der Waals surface area contributed by atoms with Crippen LogP contribution in [0.15, 0.2) is 0 Å².